The Kier molecular flexibility index (Phi) is 4.24. The summed E-state index contributed by atoms with van der Waals surface area (Å²) < 4.78 is 0. The van der Waals surface area contributed by atoms with E-state index in [-0.39, 0.29) is 11.3 Å². The van der Waals surface area contributed by atoms with Gasteiger partial charge in [0.2, 0.25) is 0 Å². The molecule has 0 atom stereocenters. The summed E-state index contributed by atoms with van der Waals surface area (Å²) in [6, 6.07) is 2.43. The van der Waals surface area contributed by atoms with Crippen LogP contribution in [0.25, 0.3) is 11.0 Å². The molecule has 8 nitrogen and oxygen atoms in total. The minimum Gasteiger partial charge on any atom is -0.370 e. The number of hydrogen-bond acceptors (Lipinski definition) is 6. The summed E-state index contributed by atoms with van der Waals surface area (Å²) in [5.41, 5.74) is 1.92. The number of aromatic nitrogens is 3. The SMILES string of the molecule is CC1(C#N)CCN(c2c(C(=O)N3CCNCC3)cnc3[nH]ncc23)CC1. The zero-order valence-electron chi connectivity index (χ0n) is 15.0. The average molecular weight is 353 g/mol. The Balaban J connectivity index is 1.71. The van der Waals surface area contributed by atoms with Crippen molar-refractivity contribution in [2.24, 2.45) is 5.41 Å². The van der Waals surface area contributed by atoms with E-state index in [9.17, 15) is 10.1 Å². The number of aromatic amines is 1. The van der Waals surface area contributed by atoms with Crippen molar-refractivity contribution in [3.8, 4) is 6.07 Å². The Hall–Kier alpha value is -2.66. The normalized spacial score (nSPS) is 20.2. The first-order valence-electron chi connectivity index (χ1n) is 9.10. The molecule has 0 aromatic carbocycles. The van der Waals surface area contributed by atoms with Crippen LogP contribution in [0.3, 0.4) is 0 Å². The molecule has 2 aliphatic rings. The molecular weight excluding hydrogens is 330 g/mol. The number of carbonyl (C=O) groups excluding carboxylic acids is 1. The molecule has 2 saturated heterocycles. The third kappa shape index (κ3) is 2.88. The zero-order valence-corrected chi connectivity index (χ0v) is 15.0. The van der Waals surface area contributed by atoms with Gasteiger partial charge in [-0.1, -0.05) is 0 Å². The van der Waals surface area contributed by atoms with Crippen molar-refractivity contribution in [3.63, 3.8) is 0 Å². The van der Waals surface area contributed by atoms with E-state index >= 15 is 0 Å². The third-order valence-electron chi connectivity index (χ3n) is 5.54. The number of rotatable bonds is 2. The maximum atomic E-state index is 13.2. The summed E-state index contributed by atoms with van der Waals surface area (Å²) >= 11 is 0. The van der Waals surface area contributed by atoms with Crippen LogP contribution in [0.15, 0.2) is 12.4 Å². The van der Waals surface area contributed by atoms with Crippen LogP contribution in [0.1, 0.15) is 30.1 Å². The predicted molar refractivity (Wildman–Crippen MR) is 97.8 cm³/mol. The minimum absolute atomic E-state index is 0.0192. The largest absolute Gasteiger partial charge is 0.370 e. The van der Waals surface area contributed by atoms with Crippen LogP contribution in [0.2, 0.25) is 0 Å². The minimum atomic E-state index is -0.290. The summed E-state index contributed by atoms with van der Waals surface area (Å²) in [5.74, 6) is 0.0192. The van der Waals surface area contributed by atoms with E-state index < -0.39 is 0 Å². The van der Waals surface area contributed by atoms with E-state index in [0.717, 1.165) is 50.1 Å². The monoisotopic (exact) mass is 353 g/mol. The van der Waals surface area contributed by atoms with E-state index in [2.05, 4.69) is 31.5 Å². The van der Waals surface area contributed by atoms with Gasteiger partial charge in [-0.3, -0.25) is 9.89 Å². The molecule has 0 saturated carbocycles. The van der Waals surface area contributed by atoms with Crippen LogP contribution >= 0.6 is 0 Å². The number of pyridine rings is 1. The van der Waals surface area contributed by atoms with E-state index in [1.165, 1.54) is 0 Å². The molecule has 0 unspecified atom stereocenters. The second-order valence-electron chi connectivity index (χ2n) is 7.35. The van der Waals surface area contributed by atoms with E-state index in [4.69, 9.17) is 0 Å². The smallest absolute Gasteiger partial charge is 0.257 e. The lowest BCUT2D eigenvalue weighted by molar-refractivity contribution is 0.0736. The lowest BCUT2D eigenvalue weighted by Gasteiger charge is -2.38. The molecule has 2 aromatic heterocycles. The Morgan fingerprint density at radius 3 is 2.65 bits per heavy atom. The second kappa shape index (κ2) is 6.57. The summed E-state index contributed by atoms with van der Waals surface area (Å²) in [7, 11) is 0. The number of piperazine rings is 1. The number of amides is 1. The van der Waals surface area contributed by atoms with Crippen molar-refractivity contribution >= 4 is 22.6 Å². The predicted octanol–water partition coefficient (Wildman–Crippen LogP) is 1.13. The Labute approximate surface area is 152 Å². The van der Waals surface area contributed by atoms with Gasteiger partial charge in [0.15, 0.2) is 5.65 Å². The molecule has 2 N–H and O–H groups in total. The van der Waals surface area contributed by atoms with Crippen molar-refractivity contribution in [3.05, 3.63) is 18.0 Å². The van der Waals surface area contributed by atoms with E-state index in [0.29, 0.717) is 24.3 Å². The standard InChI is InChI=1S/C18H23N7O/c1-18(12-19)2-6-24(7-3-18)15-13-11-22-23-16(13)21-10-14(15)17(26)25-8-4-20-5-9-25/h10-11,20H,2-9H2,1H3,(H,21,22,23). The van der Waals surface area contributed by atoms with Gasteiger partial charge >= 0.3 is 0 Å². The van der Waals surface area contributed by atoms with Crippen LogP contribution in [0.5, 0.6) is 0 Å². The average Bonchev–Trinajstić information content (AvgIpc) is 3.17. The number of nitriles is 1. The molecule has 0 spiro atoms. The molecule has 2 aromatic rings. The fourth-order valence-electron chi connectivity index (χ4n) is 3.76. The fourth-order valence-corrected chi connectivity index (χ4v) is 3.76. The first-order chi connectivity index (χ1) is 12.6. The van der Waals surface area contributed by atoms with Gasteiger partial charge in [0, 0.05) is 45.5 Å². The van der Waals surface area contributed by atoms with Crippen LogP contribution < -0.4 is 10.2 Å². The summed E-state index contributed by atoms with van der Waals surface area (Å²) in [5, 5.41) is 20.6. The lowest BCUT2D eigenvalue weighted by atomic mass is 9.81. The Bertz CT molecular complexity index is 854. The number of H-pyrrole nitrogens is 1. The maximum Gasteiger partial charge on any atom is 0.257 e. The number of hydrogen-bond donors (Lipinski definition) is 2. The van der Waals surface area contributed by atoms with E-state index in [1.807, 2.05) is 11.8 Å². The molecule has 4 heterocycles. The van der Waals surface area contributed by atoms with Gasteiger partial charge in [-0.25, -0.2) is 4.98 Å². The quantitative estimate of drug-likeness (QED) is 0.839. The fraction of sp³-hybridized carbons (Fsp3) is 0.556. The molecule has 136 valence electrons. The topological polar surface area (TPSA) is 101 Å². The molecule has 2 aliphatic heterocycles. The molecule has 1 amide bonds. The molecule has 0 aliphatic carbocycles. The molecule has 26 heavy (non-hydrogen) atoms. The van der Waals surface area contributed by atoms with Gasteiger partial charge in [-0.2, -0.15) is 10.4 Å². The molecule has 0 bridgehead atoms. The van der Waals surface area contributed by atoms with Gasteiger partial charge < -0.3 is 15.1 Å². The lowest BCUT2D eigenvalue weighted by Crippen LogP contribution is -2.47. The highest BCUT2D eigenvalue weighted by Crippen LogP contribution is 2.36. The van der Waals surface area contributed by atoms with Crippen molar-refractivity contribution in [2.45, 2.75) is 19.8 Å². The van der Waals surface area contributed by atoms with E-state index in [1.54, 1.807) is 12.4 Å². The van der Waals surface area contributed by atoms with Crippen LogP contribution in [0, 0.1) is 16.7 Å². The van der Waals surface area contributed by atoms with Crippen molar-refractivity contribution in [1.82, 2.24) is 25.4 Å². The number of carbonyl (C=O) groups is 1. The number of fused-ring (bicyclic) bond motifs is 1. The van der Waals surface area contributed by atoms with Gasteiger partial charge in [0.25, 0.3) is 5.91 Å². The zero-order chi connectivity index (χ0) is 18.1. The van der Waals surface area contributed by atoms with Crippen molar-refractivity contribution in [1.29, 1.82) is 5.26 Å². The van der Waals surface area contributed by atoms with Gasteiger partial charge in [0.1, 0.15) is 0 Å². The highest BCUT2D eigenvalue weighted by atomic mass is 16.2. The molecule has 0 radical (unpaired) electrons. The number of nitrogens with one attached hydrogen (secondary N) is 2. The first kappa shape index (κ1) is 16.8. The van der Waals surface area contributed by atoms with Crippen molar-refractivity contribution < 1.29 is 4.79 Å². The number of nitrogens with zero attached hydrogens (tertiary/aromatic N) is 5. The molecule has 2 fully saturated rings. The summed E-state index contributed by atoms with van der Waals surface area (Å²) in [6.45, 7) is 6.53. The molecule has 4 rings (SSSR count). The molecule has 8 heteroatoms. The van der Waals surface area contributed by atoms with Gasteiger partial charge in [-0.05, 0) is 19.8 Å². The summed E-state index contributed by atoms with van der Waals surface area (Å²) in [6.07, 6.45) is 4.97. The van der Waals surface area contributed by atoms with Gasteiger partial charge in [0.05, 0.1) is 34.3 Å². The second-order valence-corrected chi connectivity index (χ2v) is 7.35. The number of anilines is 1. The third-order valence-corrected chi connectivity index (χ3v) is 5.54. The highest BCUT2D eigenvalue weighted by molar-refractivity contribution is 6.06. The Morgan fingerprint density at radius 2 is 1.96 bits per heavy atom. The first-order valence-corrected chi connectivity index (χ1v) is 9.10. The van der Waals surface area contributed by atoms with Crippen LogP contribution in [-0.2, 0) is 0 Å². The summed E-state index contributed by atoms with van der Waals surface area (Å²) in [4.78, 5) is 21.7. The number of piperidine rings is 1. The Morgan fingerprint density at radius 1 is 1.23 bits per heavy atom. The van der Waals surface area contributed by atoms with Crippen molar-refractivity contribution in [2.75, 3.05) is 44.2 Å². The molecular formula is C18H23N7O. The maximum absolute atomic E-state index is 13.2. The van der Waals surface area contributed by atoms with Crippen LogP contribution in [-0.4, -0.2) is 65.3 Å². The highest BCUT2D eigenvalue weighted by Gasteiger charge is 2.33. The van der Waals surface area contributed by atoms with Crippen LogP contribution in [0.4, 0.5) is 5.69 Å². The van der Waals surface area contributed by atoms with Gasteiger partial charge in [-0.15, -0.1) is 0 Å².